The Hall–Kier alpha value is -0.380. The second-order valence-electron chi connectivity index (χ2n) is 6.20. The number of nitrogens with zero attached hydrogens (tertiary/aromatic N) is 2. The first-order chi connectivity index (χ1) is 9.29. The normalized spacial score (nSPS) is 25.8. The number of piperidine rings is 1. The molecule has 1 atom stereocenters. The molecule has 0 bridgehead atoms. The Morgan fingerprint density at radius 3 is 2.74 bits per heavy atom. The Labute approximate surface area is 119 Å². The Bertz CT molecular complexity index is 271. The van der Waals surface area contributed by atoms with Crippen molar-refractivity contribution in [1.29, 1.82) is 0 Å². The largest absolute Gasteiger partial charge is 0.313 e. The maximum atomic E-state index is 4.21. The van der Waals surface area contributed by atoms with Crippen LogP contribution in [0.4, 0.5) is 0 Å². The first-order valence-corrected chi connectivity index (χ1v) is 8.13. The highest BCUT2D eigenvalue weighted by atomic mass is 15.3. The minimum absolute atomic E-state index is 0.816. The smallest absolute Gasteiger partial charge is 0.0235 e. The minimum atomic E-state index is 0.816. The average molecular weight is 265 g/mol. The van der Waals surface area contributed by atoms with Gasteiger partial charge in [-0.1, -0.05) is 19.9 Å². The SMILES string of the molecule is C=C(CNCCC)CN1CCC(N2CCCCC2)C1. The maximum absolute atomic E-state index is 4.21. The van der Waals surface area contributed by atoms with Crippen LogP contribution in [0.25, 0.3) is 0 Å². The summed E-state index contributed by atoms with van der Waals surface area (Å²) in [6.07, 6.45) is 6.81. The van der Waals surface area contributed by atoms with E-state index in [4.69, 9.17) is 0 Å². The minimum Gasteiger partial charge on any atom is -0.313 e. The molecule has 1 N–H and O–H groups in total. The third-order valence-corrected chi connectivity index (χ3v) is 4.40. The summed E-state index contributed by atoms with van der Waals surface area (Å²) in [6, 6.07) is 0.816. The van der Waals surface area contributed by atoms with E-state index in [-0.39, 0.29) is 0 Å². The molecule has 110 valence electrons. The van der Waals surface area contributed by atoms with Crippen molar-refractivity contribution in [1.82, 2.24) is 15.1 Å². The number of nitrogens with one attached hydrogen (secondary N) is 1. The van der Waals surface area contributed by atoms with Crippen molar-refractivity contribution in [2.24, 2.45) is 0 Å². The topological polar surface area (TPSA) is 18.5 Å². The van der Waals surface area contributed by atoms with E-state index in [0.717, 1.165) is 25.7 Å². The fourth-order valence-electron chi connectivity index (χ4n) is 3.35. The van der Waals surface area contributed by atoms with Gasteiger partial charge in [-0.25, -0.2) is 0 Å². The monoisotopic (exact) mass is 265 g/mol. The molecule has 2 heterocycles. The number of likely N-dealkylation sites (tertiary alicyclic amines) is 2. The lowest BCUT2D eigenvalue weighted by Crippen LogP contribution is -2.41. The molecule has 2 aliphatic rings. The fraction of sp³-hybridized carbons (Fsp3) is 0.875. The Balaban J connectivity index is 1.65. The van der Waals surface area contributed by atoms with Crippen LogP contribution in [0, 0.1) is 0 Å². The van der Waals surface area contributed by atoms with Gasteiger partial charge in [0.25, 0.3) is 0 Å². The van der Waals surface area contributed by atoms with Crippen molar-refractivity contribution in [2.75, 3.05) is 45.8 Å². The molecular formula is C16H31N3. The summed E-state index contributed by atoms with van der Waals surface area (Å²) in [7, 11) is 0. The van der Waals surface area contributed by atoms with Crippen LogP contribution in [0.15, 0.2) is 12.2 Å². The van der Waals surface area contributed by atoms with Crippen LogP contribution in [0.3, 0.4) is 0 Å². The van der Waals surface area contributed by atoms with Gasteiger partial charge >= 0.3 is 0 Å². The van der Waals surface area contributed by atoms with E-state index in [1.54, 1.807) is 0 Å². The second kappa shape index (κ2) is 8.03. The van der Waals surface area contributed by atoms with E-state index in [1.807, 2.05) is 0 Å². The first kappa shape index (κ1) is 15.0. The molecule has 19 heavy (non-hydrogen) atoms. The van der Waals surface area contributed by atoms with Crippen molar-refractivity contribution < 1.29 is 0 Å². The van der Waals surface area contributed by atoms with E-state index < -0.39 is 0 Å². The van der Waals surface area contributed by atoms with Crippen LogP contribution in [-0.2, 0) is 0 Å². The Kier molecular flexibility index (Phi) is 6.35. The van der Waals surface area contributed by atoms with Gasteiger partial charge < -0.3 is 5.32 Å². The van der Waals surface area contributed by atoms with Crippen LogP contribution in [0.2, 0.25) is 0 Å². The number of hydrogen-bond donors (Lipinski definition) is 1. The molecule has 2 saturated heterocycles. The quantitative estimate of drug-likeness (QED) is 0.562. The van der Waals surface area contributed by atoms with Crippen LogP contribution in [-0.4, -0.2) is 61.7 Å². The van der Waals surface area contributed by atoms with Gasteiger partial charge in [0.15, 0.2) is 0 Å². The second-order valence-corrected chi connectivity index (χ2v) is 6.20. The molecule has 0 radical (unpaired) electrons. The van der Waals surface area contributed by atoms with Gasteiger partial charge in [-0.15, -0.1) is 0 Å². The van der Waals surface area contributed by atoms with Crippen molar-refractivity contribution in [3.05, 3.63) is 12.2 Å². The van der Waals surface area contributed by atoms with Gasteiger partial charge in [-0.05, 0) is 50.9 Å². The number of rotatable bonds is 7. The zero-order valence-electron chi connectivity index (χ0n) is 12.7. The van der Waals surface area contributed by atoms with E-state index >= 15 is 0 Å². The van der Waals surface area contributed by atoms with Gasteiger partial charge in [-0.3, -0.25) is 9.80 Å². The van der Waals surface area contributed by atoms with Crippen LogP contribution < -0.4 is 5.32 Å². The molecule has 0 aliphatic carbocycles. The molecule has 3 heteroatoms. The van der Waals surface area contributed by atoms with Crippen LogP contribution in [0.1, 0.15) is 39.0 Å². The fourth-order valence-corrected chi connectivity index (χ4v) is 3.35. The summed E-state index contributed by atoms with van der Waals surface area (Å²) < 4.78 is 0. The average Bonchev–Trinajstić information content (AvgIpc) is 2.88. The molecule has 0 spiro atoms. The summed E-state index contributed by atoms with van der Waals surface area (Å²) in [6.45, 7) is 14.8. The highest BCUT2D eigenvalue weighted by Crippen LogP contribution is 2.20. The highest BCUT2D eigenvalue weighted by Gasteiger charge is 2.28. The van der Waals surface area contributed by atoms with Crippen molar-refractivity contribution in [3.8, 4) is 0 Å². The summed E-state index contributed by atoms with van der Waals surface area (Å²) in [5.41, 5.74) is 1.34. The van der Waals surface area contributed by atoms with E-state index in [1.165, 1.54) is 63.9 Å². The summed E-state index contributed by atoms with van der Waals surface area (Å²) >= 11 is 0. The van der Waals surface area contributed by atoms with Crippen LogP contribution in [0.5, 0.6) is 0 Å². The van der Waals surface area contributed by atoms with Crippen LogP contribution >= 0.6 is 0 Å². The maximum Gasteiger partial charge on any atom is 0.0235 e. The summed E-state index contributed by atoms with van der Waals surface area (Å²) in [5.74, 6) is 0. The molecule has 0 aromatic rings. The molecule has 3 nitrogen and oxygen atoms in total. The third kappa shape index (κ3) is 4.90. The molecule has 0 aromatic carbocycles. The van der Waals surface area contributed by atoms with Gasteiger partial charge in [0.2, 0.25) is 0 Å². The third-order valence-electron chi connectivity index (χ3n) is 4.40. The lowest BCUT2D eigenvalue weighted by molar-refractivity contribution is 0.163. The molecule has 0 saturated carbocycles. The van der Waals surface area contributed by atoms with Gasteiger partial charge in [0.05, 0.1) is 0 Å². The van der Waals surface area contributed by atoms with Crippen molar-refractivity contribution in [3.63, 3.8) is 0 Å². The molecule has 2 fully saturated rings. The Morgan fingerprint density at radius 1 is 1.21 bits per heavy atom. The van der Waals surface area contributed by atoms with E-state index in [0.29, 0.717) is 0 Å². The first-order valence-electron chi connectivity index (χ1n) is 8.13. The van der Waals surface area contributed by atoms with E-state index in [2.05, 4.69) is 28.6 Å². The number of hydrogen-bond acceptors (Lipinski definition) is 3. The predicted octanol–water partition coefficient (Wildman–Crippen LogP) is 2.10. The molecule has 0 aromatic heterocycles. The molecular weight excluding hydrogens is 234 g/mol. The lowest BCUT2D eigenvalue weighted by atomic mass is 10.1. The van der Waals surface area contributed by atoms with E-state index in [9.17, 15) is 0 Å². The predicted molar refractivity (Wildman–Crippen MR) is 82.6 cm³/mol. The lowest BCUT2D eigenvalue weighted by Gasteiger charge is -2.32. The zero-order valence-corrected chi connectivity index (χ0v) is 12.7. The Morgan fingerprint density at radius 2 is 2.00 bits per heavy atom. The zero-order chi connectivity index (χ0) is 13.5. The molecule has 1 unspecified atom stereocenters. The molecule has 0 amide bonds. The summed E-state index contributed by atoms with van der Waals surface area (Å²) in [5, 5.41) is 3.45. The van der Waals surface area contributed by atoms with Gasteiger partial charge in [0.1, 0.15) is 0 Å². The van der Waals surface area contributed by atoms with Crippen molar-refractivity contribution >= 4 is 0 Å². The van der Waals surface area contributed by atoms with Crippen molar-refractivity contribution in [2.45, 2.75) is 45.1 Å². The molecule has 2 aliphatic heterocycles. The highest BCUT2D eigenvalue weighted by molar-refractivity contribution is 5.01. The van der Waals surface area contributed by atoms with Gasteiger partial charge in [0, 0.05) is 32.2 Å². The van der Waals surface area contributed by atoms with Gasteiger partial charge in [-0.2, -0.15) is 0 Å². The molecule has 2 rings (SSSR count). The summed E-state index contributed by atoms with van der Waals surface area (Å²) in [4.78, 5) is 5.32. The standard InChI is InChI=1S/C16H31N3/c1-3-8-17-12-15(2)13-18-11-7-16(14-18)19-9-5-4-6-10-19/h16-17H,2-14H2,1H3.